The van der Waals surface area contributed by atoms with Gasteiger partial charge in [-0.1, -0.05) is 37.6 Å². The molecule has 0 saturated heterocycles. The van der Waals surface area contributed by atoms with Gasteiger partial charge in [0.05, 0.1) is 6.10 Å². The molecule has 0 aliphatic carbocycles. The minimum atomic E-state index is -0.754. The number of aryl methyl sites for hydroxylation is 1. The molecule has 0 aliphatic heterocycles. The van der Waals surface area contributed by atoms with Crippen LogP contribution in [0.5, 0.6) is 0 Å². The monoisotopic (exact) mass is 194 g/mol. The molecule has 14 heavy (non-hydrogen) atoms. The molecule has 0 bridgehead atoms. The van der Waals surface area contributed by atoms with E-state index in [4.69, 9.17) is 0 Å². The SMILES string of the molecule is CCCC(O)C(O)c1ccccc1C. The average molecular weight is 194 g/mol. The molecule has 1 aromatic carbocycles. The van der Waals surface area contributed by atoms with Crippen molar-refractivity contribution in [2.45, 2.75) is 38.9 Å². The van der Waals surface area contributed by atoms with Crippen molar-refractivity contribution in [3.05, 3.63) is 35.4 Å². The van der Waals surface area contributed by atoms with Gasteiger partial charge in [-0.05, 0) is 24.5 Å². The zero-order chi connectivity index (χ0) is 10.6. The minimum absolute atomic E-state index is 0.634. The van der Waals surface area contributed by atoms with E-state index in [1.807, 2.05) is 38.1 Å². The second kappa shape index (κ2) is 5.13. The van der Waals surface area contributed by atoms with E-state index in [1.54, 1.807) is 0 Å². The van der Waals surface area contributed by atoms with Crippen LogP contribution in [0.4, 0.5) is 0 Å². The van der Waals surface area contributed by atoms with E-state index in [1.165, 1.54) is 0 Å². The number of hydrogen-bond acceptors (Lipinski definition) is 2. The third kappa shape index (κ3) is 2.56. The Hall–Kier alpha value is -0.860. The molecule has 2 atom stereocenters. The fraction of sp³-hybridized carbons (Fsp3) is 0.500. The van der Waals surface area contributed by atoms with Crippen LogP contribution in [0.2, 0.25) is 0 Å². The molecule has 0 amide bonds. The molecule has 0 aliphatic rings. The van der Waals surface area contributed by atoms with Crippen LogP contribution in [0.15, 0.2) is 24.3 Å². The zero-order valence-electron chi connectivity index (χ0n) is 8.77. The van der Waals surface area contributed by atoms with Crippen molar-refractivity contribution in [1.82, 2.24) is 0 Å². The van der Waals surface area contributed by atoms with E-state index in [2.05, 4.69) is 0 Å². The molecule has 2 N–H and O–H groups in total. The highest BCUT2D eigenvalue weighted by atomic mass is 16.3. The normalized spacial score (nSPS) is 15.1. The zero-order valence-corrected chi connectivity index (χ0v) is 8.77. The van der Waals surface area contributed by atoms with E-state index in [0.29, 0.717) is 6.42 Å². The number of benzene rings is 1. The lowest BCUT2D eigenvalue weighted by Gasteiger charge is -2.19. The number of hydrogen-bond donors (Lipinski definition) is 2. The molecule has 2 heteroatoms. The molecule has 0 radical (unpaired) electrons. The Labute approximate surface area is 85.2 Å². The highest BCUT2D eigenvalue weighted by Gasteiger charge is 2.18. The van der Waals surface area contributed by atoms with E-state index in [9.17, 15) is 10.2 Å². The second-order valence-electron chi connectivity index (χ2n) is 3.66. The summed E-state index contributed by atoms with van der Waals surface area (Å²) < 4.78 is 0. The van der Waals surface area contributed by atoms with Crippen molar-refractivity contribution in [1.29, 1.82) is 0 Å². The Morgan fingerprint density at radius 2 is 1.86 bits per heavy atom. The van der Waals surface area contributed by atoms with E-state index < -0.39 is 12.2 Å². The van der Waals surface area contributed by atoms with Gasteiger partial charge in [-0.15, -0.1) is 0 Å². The predicted octanol–water partition coefficient (Wildman–Crippen LogP) is 2.19. The first-order chi connectivity index (χ1) is 6.66. The van der Waals surface area contributed by atoms with Crippen molar-refractivity contribution in [2.75, 3.05) is 0 Å². The molecular formula is C12H18O2. The summed E-state index contributed by atoms with van der Waals surface area (Å²) in [4.78, 5) is 0. The van der Waals surface area contributed by atoms with Gasteiger partial charge in [0.2, 0.25) is 0 Å². The average Bonchev–Trinajstić information content (AvgIpc) is 2.18. The quantitative estimate of drug-likeness (QED) is 0.771. The fourth-order valence-corrected chi connectivity index (χ4v) is 1.58. The Morgan fingerprint density at radius 1 is 1.21 bits per heavy atom. The molecule has 1 aromatic rings. The molecular weight excluding hydrogens is 176 g/mol. The third-order valence-electron chi connectivity index (χ3n) is 2.46. The lowest BCUT2D eigenvalue weighted by Crippen LogP contribution is -2.18. The maximum absolute atomic E-state index is 9.85. The molecule has 78 valence electrons. The van der Waals surface area contributed by atoms with Crippen molar-refractivity contribution >= 4 is 0 Å². The maximum Gasteiger partial charge on any atom is 0.105 e. The van der Waals surface area contributed by atoms with Crippen LogP contribution < -0.4 is 0 Å². The summed E-state index contributed by atoms with van der Waals surface area (Å²) in [5.41, 5.74) is 1.85. The fourth-order valence-electron chi connectivity index (χ4n) is 1.58. The van der Waals surface area contributed by atoms with Gasteiger partial charge < -0.3 is 10.2 Å². The van der Waals surface area contributed by atoms with Crippen LogP contribution >= 0.6 is 0 Å². The highest BCUT2D eigenvalue weighted by molar-refractivity contribution is 5.28. The van der Waals surface area contributed by atoms with Crippen molar-refractivity contribution in [2.24, 2.45) is 0 Å². The highest BCUT2D eigenvalue weighted by Crippen LogP contribution is 2.22. The van der Waals surface area contributed by atoms with Crippen LogP contribution in [0.1, 0.15) is 37.0 Å². The summed E-state index contributed by atoms with van der Waals surface area (Å²) >= 11 is 0. The lowest BCUT2D eigenvalue weighted by atomic mass is 9.97. The van der Waals surface area contributed by atoms with Gasteiger partial charge in [0.25, 0.3) is 0 Å². The van der Waals surface area contributed by atoms with Gasteiger partial charge >= 0.3 is 0 Å². The van der Waals surface area contributed by atoms with Gasteiger partial charge in [0, 0.05) is 0 Å². The molecule has 0 spiro atoms. The summed E-state index contributed by atoms with van der Waals surface area (Å²) in [6.07, 6.45) is 0.108. The van der Waals surface area contributed by atoms with Gasteiger partial charge in [0.1, 0.15) is 6.10 Å². The van der Waals surface area contributed by atoms with Crippen LogP contribution in [0.25, 0.3) is 0 Å². The molecule has 1 rings (SSSR count). The Morgan fingerprint density at radius 3 is 2.43 bits per heavy atom. The van der Waals surface area contributed by atoms with Crippen molar-refractivity contribution in [3.63, 3.8) is 0 Å². The Bertz CT molecular complexity index is 283. The van der Waals surface area contributed by atoms with Crippen LogP contribution in [0, 0.1) is 6.92 Å². The van der Waals surface area contributed by atoms with Crippen molar-refractivity contribution in [3.8, 4) is 0 Å². The maximum atomic E-state index is 9.85. The molecule has 0 aromatic heterocycles. The van der Waals surface area contributed by atoms with Crippen LogP contribution in [-0.4, -0.2) is 16.3 Å². The Balaban J connectivity index is 2.78. The van der Waals surface area contributed by atoms with Crippen LogP contribution in [0.3, 0.4) is 0 Å². The van der Waals surface area contributed by atoms with E-state index in [-0.39, 0.29) is 0 Å². The summed E-state index contributed by atoms with van der Waals surface area (Å²) in [6, 6.07) is 7.61. The topological polar surface area (TPSA) is 40.5 Å². The van der Waals surface area contributed by atoms with Gasteiger partial charge in [-0.3, -0.25) is 0 Å². The Kier molecular flexibility index (Phi) is 4.11. The summed E-state index contributed by atoms with van der Waals surface area (Å²) in [5.74, 6) is 0. The van der Waals surface area contributed by atoms with Crippen LogP contribution in [-0.2, 0) is 0 Å². The molecule has 2 nitrogen and oxygen atoms in total. The predicted molar refractivity (Wildman–Crippen MR) is 57.1 cm³/mol. The molecule has 0 saturated carbocycles. The number of rotatable bonds is 4. The first kappa shape index (κ1) is 11.2. The van der Waals surface area contributed by atoms with E-state index in [0.717, 1.165) is 17.5 Å². The van der Waals surface area contributed by atoms with Gasteiger partial charge in [-0.25, -0.2) is 0 Å². The van der Waals surface area contributed by atoms with E-state index >= 15 is 0 Å². The smallest absolute Gasteiger partial charge is 0.105 e. The molecule has 2 unspecified atom stereocenters. The summed E-state index contributed by atoms with van der Waals surface area (Å²) in [7, 11) is 0. The second-order valence-corrected chi connectivity index (χ2v) is 3.66. The number of aliphatic hydroxyl groups is 2. The lowest BCUT2D eigenvalue weighted by molar-refractivity contribution is 0.0127. The first-order valence-corrected chi connectivity index (χ1v) is 5.08. The molecule has 0 fully saturated rings. The van der Waals surface area contributed by atoms with Gasteiger partial charge in [0.15, 0.2) is 0 Å². The third-order valence-corrected chi connectivity index (χ3v) is 2.46. The standard InChI is InChI=1S/C12H18O2/c1-3-6-11(13)12(14)10-8-5-4-7-9(10)2/h4-5,7-8,11-14H,3,6H2,1-2H3. The minimum Gasteiger partial charge on any atom is -0.390 e. The summed E-state index contributed by atoms with van der Waals surface area (Å²) in [5, 5.41) is 19.5. The van der Waals surface area contributed by atoms with Crippen molar-refractivity contribution < 1.29 is 10.2 Å². The number of aliphatic hydroxyl groups excluding tert-OH is 2. The first-order valence-electron chi connectivity index (χ1n) is 5.08. The largest absolute Gasteiger partial charge is 0.390 e. The van der Waals surface area contributed by atoms with Gasteiger partial charge in [-0.2, -0.15) is 0 Å². The molecule has 0 heterocycles. The summed E-state index contributed by atoms with van der Waals surface area (Å²) in [6.45, 7) is 3.94.